The maximum atomic E-state index is 12.9. The Bertz CT molecular complexity index is 2390. The predicted octanol–water partition coefficient (Wildman–Crippen LogP) is 10.4. The standard InChI is InChI=1S/C41H27NO3/c1-41(2)33-12-6-7-13-35(33)42(36-23-38-32(22-34(36)41)28-10-5-8-14-37(28)45-38)26-18-15-24(16-19-26)25-17-20-30-31(21-25)27-9-3-4-11-29(27)39(43)40(30)44/h3-23H,1-2H3. The third kappa shape index (κ3) is 3.60. The van der Waals surface area contributed by atoms with Gasteiger partial charge in [0.25, 0.3) is 0 Å². The molecule has 7 aromatic rings. The van der Waals surface area contributed by atoms with Gasteiger partial charge in [0, 0.05) is 39.1 Å². The van der Waals surface area contributed by atoms with Gasteiger partial charge in [-0.3, -0.25) is 9.59 Å². The molecule has 9 rings (SSSR count). The molecule has 6 aromatic carbocycles. The normalized spacial score (nSPS) is 14.7. The number of nitrogens with zero attached hydrogens (tertiary/aromatic N) is 1. The number of benzene rings is 6. The van der Waals surface area contributed by atoms with E-state index in [-0.39, 0.29) is 5.41 Å². The Kier molecular flexibility index (Phi) is 5.22. The second-order valence-electron chi connectivity index (χ2n) is 12.5. The van der Waals surface area contributed by atoms with Gasteiger partial charge in [0.1, 0.15) is 11.2 Å². The Morgan fingerprint density at radius 1 is 0.511 bits per heavy atom. The summed E-state index contributed by atoms with van der Waals surface area (Å²) in [5.41, 5.74) is 11.9. The van der Waals surface area contributed by atoms with Gasteiger partial charge < -0.3 is 9.32 Å². The van der Waals surface area contributed by atoms with Crippen molar-refractivity contribution >= 4 is 50.6 Å². The smallest absolute Gasteiger partial charge is 0.234 e. The summed E-state index contributed by atoms with van der Waals surface area (Å²) >= 11 is 0. The Hall–Kier alpha value is -5.74. The molecule has 0 N–H and O–H groups in total. The lowest BCUT2D eigenvalue weighted by Crippen LogP contribution is -2.30. The first kappa shape index (κ1) is 25.7. The van der Waals surface area contributed by atoms with Gasteiger partial charge >= 0.3 is 0 Å². The summed E-state index contributed by atoms with van der Waals surface area (Å²) in [6, 6.07) is 43.0. The number of hydrogen-bond acceptors (Lipinski definition) is 4. The zero-order chi connectivity index (χ0) is 30.4. The minimum atomic E-state index is -0.450. The van der Waals surface area contributed by atoms with Gasteiger partial charge in [-0.05, 0) is 75.8 Å². The third-order valence-electron chi connectivity index (χ3n) is 9.62. The Balaban J connectivity index is 1.18. The molecule has 1 aliphatic heterocycles. The van der Waals surface area contributed by atoms with Crippen molar-refractivity contribution in [2.75, 3.05) is 4.90 Å². The molecule has 0 bridgehead atoms. The van der Waals surface area contributed by atoms with Gasteiger partial charge in [-0.2, -0.15) is 0 Å². The van der Waals surface area contributed by atoms with Crippen molar-refractivity contribution in [3.8, 4) is 22.3 Å². The van der Waals surface area contributed by atoms with Crippen molar-refractivity contribution in [1.29, 1.82) is 0 Å². The van der Waals surface area contributed by atoms with Crippen molar-refractivity contribution in [3.05, 3.63) is 150 Å². The van der Waals surface area contributed by atoms with Crippen LogP contribution in [0.5, 0.6) is 0 Å². The predicted molar refractivity (Wildman–Crippen MR) is 180 cm³/mol. The van der Waals surface area contributed by atoms with Crippen LogP contribution in [0.1, 0.15) is 45.7 Å². The fraction of sp³-hybridized carbons (Fsp3) is 0.0732. The van der Waals surface area contributed by atoms with Crippen molar-refractivity contribution in [2.45, 2.75) is 19.3 Å². The number of carbonyl (C=O) groups excluding carboxylic acids is 2. The Morgan fingerprint density at radius 2 is 1.18 bits per heavy atom. The molecule has 45 heavy (non-hydrogen) atoms. The molecule has 0 amide bonds. The average molecular weight is 582 g/mol. The third-order valence-corrected chi connectivity index (χ3v) is 9.62. The number of rotatable bonds is 2. The number of ketones is 2. The lowest BCUT2D eigenvalue weighted by molar-refractivity contribution is 0.0815. The first-order chi connectivity index (χ1) is 21.9. The van der Waals surface area contributed by atoms with Gasteiger partial charge in [0.2, 0.25) is 11.6 Å². The fourth-order valence-corrected chi connectivity index (χ4v) is 7.30. The number of Topliss-reactive ketones (excluding diaryl/α,β-unsaturated/α-hetero) is 2. The minimum Gasteiger partial charge on any atom is -0.456 e. The molecule has 0 spiro atoms. The zero-order valence-electron chi connectivity index (χ0n) is 24.8. The molecular weight excluding hydrogens is 554 g/mol. The molecule has 1 aromatic heterocycles. The highest BCUT2D eigenvalue weighted by molar-refractivity contribution is 6.53. The second kappa shape index (κ2) is 9.13. The van der Waals surface area contributed by atoms with Crippen LogP contribution >= 0.6 is 0 Å². The molecule has 1 aliphatic carbocycles. The average Bonchev–Trinajstić information content (AvgIpc) is 3.44. The summed E-state index contributed by atoms with van der Waals surface area (Å²) < 4.78 is 6.35. The van der Waals surface area contributed by atoms with Crippen LogP contribution in [0.15, 0.2) is 132 Å². The SMILES string of the molecule is CC1(C)c2ccccc2N(c2ccc(-c3ccc4c(c3)-c3ccccc3C(=O)C4=O)cc2)c2cc3oc4ccccc4c3cc21. The molecular formula is C41H27NO3. The van der Waals surface area contributed by atoms with E-state index in [9.17, 15) is 9.59 Å². The van der Waals surface area contributed by atoms with E-state index < -0.39 is 11.6 Å². The quantitative estimate of drug-likeness (QED) is 0.191. The maximum absolute atomic E-state index is 12.9. The van der Waals surface area contributed by atoms with Gasteiger partial charge in [-0.15, -0.1) is 0 Å². The summed E-state index contributed by atoms with van der Waals surface area (Å²) in [5.74, 6) is -0.894. The van der Waals surface area contributed by atoms with Crippen molar-refractivity contribution in [3.63, 3.8) is 0 Å². The summed E-state index contributed by atoms with van der Waals surface area (Å²) in [6.07, 6.45) is 0. The number of carbonyl (C=O) groups is 2. The van der Waals surface area contributed by atoms with E-state index in [1.54, 1.807) is 18.2 Å². The number of para-hydroxylation sites is 2. The monoisotopic (exact) mass is 581 g/mol. The highest BCUT2D eigenvalue weighted by Gasteiger charge is 2.37. The number of fused-ring (bicyclic) bond motifs is 8. The van der Waals surface area contributed by atoms with E-state index in [0.717, 1.165) is 61.3 Å². The van der Waals surface area contributed by atoms with Crippen molar-refractivity contribution in [1.82, 2.24) is 0 Å². The molecule has 2 aliphatic rings. The molecule has 0 unspecified atom stereocenters. The van der Waals surface area contributed by atoms with Crippen molar-refractivity contribution < 1.29 is 14.0 Å². The number of anilines is 3. The highest BCUT2D eigenvalue weighted by atomic mass is 16.3. The molecule has 2 heterocycles. The first-order valence-corrected chi connectivity index (χ1v) is 15.2. The van der Waals surface area contributed by atoms with E-state index in [2.05, 4.69) is 91.5 Å². The van der Waals surface area contributed by atoms with Crippen LogP contribution in [0, 0.1) is 0 Å². The van der Waals surface area contributed by atoms with E-state index in [0.29, 0.717) is 11.1 Å². The molecule has 0 radical (unpaired) electrons. The maximum Gasteiger partial charge on any atom is 0.234 e. The van der Waals surface area contributed by atoms with Crippen LogP contribution in [0.4, 0.5) is 17.1 Å². The van der Waals surface area contributed by atoms with Crippen LogP contribution in [-0.2, 0) is 5.41 Å². The first-order valence-electron chi connectivity index (χ1n) is 15.2. The summed E-state index contributed by atoms with van der Waals surface area (Å²) in [6.45, 7) is 4.59. The van der Waals surface area contributed by atoms with Crippen LogP contribution in [0.2, 0.25) is 0 Å². The zero-order valence-corrected chi connectivity index (χ0v) is 24.8. The summed E-state index contributed by atoms with van der Waals surface area (Å²) in [4.78, 5) is 27.9. The lowest BCUT2D eigenvalue weighted by Gasteiger charge is -2.42. The lowest BCUT2D eigenvalue weighted by atomic mass is 9.73. The van der Waals surface area contributed by atoms with E-state index in [4.69, 9.17) is 4.42 Å². The summed E-state index contributed by atoms with van der Waals surface area (Å²) in [7, 11) is 0. The highest BCUT2D eigenvalue weighted by Crippen LogP contribution is 2.53. The van der Waals surface area contributed by atoms with Crippen LogP contribution < -0.4 is 4.90 Å². The van der Waals surface area contributed by atoms with Gasteiger partial charge in [-0.1, -0.05) is 92.7 Å². The second-order valence-corrected chi connectivity index (χ2v) is 12.5. The molecule has 0 saturated carbocycles. The van der Waals surface area contributed by atoms with E-state index in [1.165, 1.54) is 11.1 Å². The number of hydrogen-bond donors (Lipinski definition) is 0. The van der Waals surface area contributed by atoms with Gasteiger partial charge in [0.05, 0.1) is 11.4 Å². The molecule has 4 heteroatoms. The largest absolute Gasteiger partial charge is 0.456 e. The van der Waals surface area contributed by atoms with Gasteiger partial charge in [-0.25, -0.2) is 0 Å². The molecule has 0 fully saturated rings. The minimum absolute atomic E-state index is 0.215. The Morgan fingerprint density at radius 3 is 2.00 bits per heavy atom. The topological polar surface area (TPSA) is 50.5 Å². The Labute approximate surface area is 260 Å². The molecule has 214 valence electrons. The van der Waals surface area contributed by atoms with E-state index in [1.807, 2.05) is 36.4 Å². The van der Waals surface area contributed by atoms with Crippen molar-refractivity contribution in [2.24, 2.45) is 0 Å². The van der Waals surface area contributed by atoms with E-state index >= 15 is 0 Å². The van der Waals surface area contributed by atoms with Crippen LogP contribution in [0.25, 0.3) is 44.2 Å². The molecule has 0 saturated heterocycles. The molecule has 4 nitrogen and oxygen atoms in total. The van der Waals surface area contributed by atoms with Gasteiger partial charge in [0.15, 0.2) is 0 Å². The van der Waals surface area contributed by atoms with Crippen LogP contribution in [-0.4, -0.2) is 11.6 Å². The molecule has 0 atom stereocenters. The summed E-state index contributed by atoms with van der Waals surface area (Å²) in [5, 5.41) is 2.25. The number of furan rings is 1. The van der Waals surface area contributed by atoms with Crippen LogP contribution in [0.3, 0.4) is 0 Å². The fourth-order valence-electron chi connectivity index (χ4n) is 7.30.